The highest BCUT2D eigenvalue weighted by Gasteiger charge is 2.94. The van der Waals surface area contributed by atoms with Crippen LogP contribution in [0.25, 0.3) is 0 Å². The summed E-state index contributed by atoms with van der Waals surface area (Å²) in [6, 6.07) is -0.843. The van der Waals surface area contributed by atoms with Gasteiger partial charge >= 0.3 is 29.8 Å². The minimum absolute atomic E-state index is 0.0287. The predicted molar refractivity (Wildman–Crippen MR) is 196 cm³/mol. The van der Waals surface area contributed by atoms with Gasteiger partial charge in [-0.05, 0) is 49.9 Å². The van der Waals surface area contributed by atoms with Gasteiger partial charge in [-0.3, -0.25) is 19.2 Å². The second-order valence-electron chi connectivity index (χ2n) is 20.3. The lowest BCUT2D eigenvalue weighted by Crippen LogP contribution is -2.76. The van der Waals surface area contributed by atoms with Gasteiger partial charge in [-0.15, -0.1) is 0 Å². The van der Waals surface area contributed by atoms with Gasteiger partial charge in [0.05, 0.1) is 23.7 Å². The van der Waals surface area contributed by atoms with E-state index in [1.54, 1.807) is 6.92 Å². The molecule has 4 N–H and O–H groups in total. The molecule has 3 aliphatic heterocycles. The number of aliphatic hydroxyl groups is 2. The molecule has 15 heteroatoms. The summed E-state index contributed by atoms with van der Waals surface area (Å²) in [7, 11) is 0. The van der Waals surface area contributed by atoms with Crippen LogP contribution < -0.4 is 5.73 Å². The van der Waals surface area contributed by atoms with Crippen molar-refractivity contribution in [1.82, 2.24) is 0 Å². The first-order valence-electron chi connectivity index (χ1n) is 20.9. The summed E-state index contributed by atoms with van der Waals surface area (Å²) in [4.78, 5) is 68.2. The molecule has 5 aliphatic carbocycles. The molecule has 0 amide bonds. The SMILES string of the molecule is CC(=O)O[C@H]1C2C([C@@H](OC(=O)CC(C)C)[C@H](N)[C@H]3C[C@@H]4O[C@@H]4[C@H](O)[C@]23C)[C@@H]2[C@@H](O)[C@@H]3[C@H]([C@H](C)[C@H]4O[C@]45OC(=O)[C@@](C)(OC(=O)CC(C)C)[C@]35C)[C@@]2(C)[C@H]1OC(C)=O. The molecule has 3 heterocycles. The molecule has 57 heavy (non-hydrogen) atoms. The summed E-state index contributed by atoms with van der Waals surface area (Å²) in [5.74, 6) is -10.1. The van der Waals surface area contributed by atoms with Crippen molar-refractivity contribution in [2.75, 3.05) is 0 Å². The molecule has 5 saturated carbocycles. The number of hydrogen-bond donors (Lipinski definition) is 3. The fourth-order valence-corrected chi connectivity index (χ4v) is 14.3. The van der Waals surface area contributed by atoms with E-state index in [0.717, 1.165) is 0 Å². The van der Waals surface area contributed by atoms with Gasteiger partial charge in [-0.1, -0.05) is 48.5 Å². The monoisotopic (exact) mass is 803 g/mol. The van der Waals surface area contributed by atoms with Crippen LogP contribution in [0.3, 0.4) is 0 Å². The molecule has 0 aromatic rings. The van der Waals surface area contributed by atoms with Gasteiger partial charge in [-0.25, -0.2) is 4.79 Å². The molecular weight excluding hydrogens is 742 g/mol. The number of hydrogen-bond acceptors (Lipinski definition) is 15. The van der Waals surface area contributed by atoms with Crippen LogP contribution in [0.5, 0.6) is 0 Å². The first kappa shape index (κ1) is 40.9. The van der Waals surface area contributed by atoms with Crippen molar-refractivity contribution < 1.29 is 67.3 Å². The largest absolute Gasteiger partial charge is 0.460 e. The maximum absolute atomic E-state index is 14.2. The molecular formula is C42H61NO14. The normalized spacial score (nSPS) is 53.4. The molecule has 3 saturated heterocycles. The fraction of sp³-hybridized carbons (Fsp3) is 0.881. The van der Waals surface area contributed by atoms with Crippen LogP contribution in [0.4, 0.5) is 0 Å². The van der Waals surface area contributed by atoms with E-state index in [9.17, 15) is 34.2 Å². The van der Waals surface area contributed by atoms with Crippen molar-refractivity contribution >= 4 is 29.8 Å². The Bertz CT molecular complexity index is 1750. The maximum atomic E-state index is 14.2. The molecule has 2 unspecified atom stereocenters. The van der Waals surface area contributed by atoms with Gasteiger partial charge in [0, 0.05) is 67.2 Å². The molecule has 318 valence electrons. The summed E-state index contributed by atoms with van der Waals surface area (Å²) in [6.45, 7) is 19.0. The Hall–Kier alpha value is -2.85. The van der Waals surface area contributed by atoms with Crippen LogP contribution in [0.1, 0.15) is 95.4 Å². The average Bonchev–Trinajstić information content (AvgIpc) is 3.99. The smallest absolute Gasteiger partial charge is 0.353 e. The van der Waals surface area contributed by atoms with Gasteiger partial charge in [0.1, 0.15) is 30.5 Å². The molecule has 8 fully saturated rings. The zero-order valence-corrected chi connectivity index (χ0v) is 34.9. The average molecular weight is 804 g/mol. The Labute approximate surface area is 333 Å². The molecule has 8 aliphatic rings. The molecule has 15 nitrogen and oxygen atoms in total. The lowest BCUT2D eigenvalue weighted by atomic mass is 9.40. The highest BCUT2D eigenvalue weighted by molar-refractivity contribution is 5.88. The molecule has 21 atom stereocenters. The van der Waals surface area contributed by atoms with Gasteiger partial charge in [0.25, 0.3) is 5.79 Å². The second-order valence-corrected chi connectivity index (χ2v) is 20.3. The summed E-state index contributed by atoms with van der Waals surface area (Å²) in [5.41, 5.74) is 1.44. The van der Waals surface area contributed by atoms with Gasteiger partial charge in [-0.2, -0.15) is 0 Å². The van der Waals surface area contributed by atoms with Crippen LogP contribution in [0.2, 0.25) is 0 Å². The van der Waals surface area contributed by atoms with Crippen LogP contribution in [0.15, 0.2) is 0 Å². The summed E-state index contributed by atoms with van der Waals surface area (Å²) in [6.07, 6.45) is -6.82. The molecule has 0 bridgehead atoms. The van der Waals surface area contributed by atoms with Crippen molar-refractivity contribution in [2.45, 2.75) is 162 Å². The van der Waals surface area contributed by atoms with Gasteiger partial charge < -0.3 is 49.1 Å². The van der Waals surface area contributed by atoms with E-state index >= 15 is 0 Å². The topological polar surface area (TPSA) is 223 Å². The maximum Gasteiger partial charge on any atom is 0.353 e. The number of nitrogens with two attached hydrogens (primary N) is 1. The zero-order valence-electron chi connectivity index (χ0n) is 34.9. The number of carbonyl (C=O) groups excluding carboxylic acids is 5. The lowest BCUT2D eigenvalue weighted by molar-refractivity contribution is -0.285. The van der Waals surface area contributed by atoms with Crippen molar-refractivity contribution in [1.29, 1.82) is 0 Å². The zero-order chi connectivity index (χ0) is 41.9. The van der Waals surface area contributed by atoms with E-state index in [1.165, 1.54) is 20.8 Å². The van der Waals surface area contributed by atoms with Gasteiger partial charge in [0.15, 0.2) is 0 Å². The molecule has 0 aromatic carbocycles. The minimum atomic E-state index is -1.92. The number of ether oxygens (including phenoxy) is 7. The van der Waals surface area contributed by atoms with E-state index < -0.39 is 148 Å². The van der Waals surface area contributed by atoms with Crippen LogP contribution in [-0.2, 0) is 57.1 Å². The third kappa shape index (κ3) is 5.16. The van der Waals surface area contributed by atoms with Crippen molar-refractivity contribution in [3.05, 3.63) is 0 Å². The lowest BCUT2D eigenvalue weighted by Gasteiger charge is -2.67. The number of esters is 5. The minimum Gasteiger partial charge on any atom is -0.460 e. The van der Waals surface area contributed by atoms with Crippen LogP contribution >= 0.6 is 0 Å². The molecule has 0 aromatic heterocycles. The predicted octanol–water partition coefficient (Wildman–Crippen LogP) is 2.43. The van der Waals surface area contributed by atoms with Crippen molar-refractivity contribution in [3.63, 3.8) is 0 Å². The number of carbonyl (C=O) groups is 5. The Morgan fingerprint density at radius 1 is 0.842 bits per heavy atom. The summed E-state index contributed by atoms with van der Waals surface area (Å²) >= 11 is 0. The van der Waals surface area contributed by atoms with E-state index in [0.29, 0.717) is 6.42 Å². The summed E-state index contributed by atoms with van der Waals surface area (Å²) < 4.78 is 43.9. The van der Waals surface area contributed by atoms with E-state index in [4.69, 9.17) is 38.9 Å². The number of rotatable bonds is 8. The van der Waals surface area contributed by atoms with Gasteiger partial charge in [0.2, 0.25) is 5.60 Å². The Morgan fingerprint density at radius 2 is 1.46 bits per heavy atom. The standard InChI is InChI=1S/C42H61NO14/c1-15(2)12-22(46)54-32-24-26-30(48)28-25(17(5)35-42(56-35)40(28,10)41(11,37(50)57-42)55-23(47)13-16(3)4)39(26,9)36(52-19(7)45)33(51-18(6)44)27(24)38(8)20(29(32)43)14-21-31(53-21)34(38)49/h15-17,20-21,24-36,48-49H,12-14,43H2,1-11H3/t17-,20+,21-,24?,25-,26+,27?,28-,29+,30+,31-,32+,33-,34-,35+,36-,38-,39+,40-,41+,42-/m0/s1. The summed E-state index contributed by atoms with van der Waals surface area (Å²) in [5, 5.41) is 25.7. The second kappa shape index (κ2) is 12.8. The van der Waals surface area contributed by atoms with E-state index in [2.05, 4.69) is 0 Å². The van der Waals surface area contributed by atoms with E-state index in [-0.39, 0.29) is 30.8 Å². The van der Waals surface area contributed by atoms with Crippen LogP contribution in [-0.4, -0.2) is 106 Å². The highest BCUT2D eigenvalue weighted by atomic mass is 16.8. The number of fused-ring (bicyclic) bond motifs is 9. The van der Waals surface area contributed by atoms with E-state index in [1.807, 2.05) is 48.5 Å². The molecule has 1 spiro atoms. The van der Waals surface area contributed by atoms with Crippen molar-refractivity contribution in [2.24, 2.45) is 75.2 Å². The third-order valence-electron chi connectivity index (χ3n) is 16.5. The Morgan fingerprint density at radius 3 is 2.05 bits per heavy atom. The molecule has 8 rings (SSSR count). The fourth-order valence-electron chi connectivity index (χ4n) is 14.3. The number of epoxide rings is 2. The van der Waals surface area contributed by atoms with Crippen molar-refractivity contribution in [3.8, 4) is 0 Å². The quantitative estimate of drug-likeness (QED) is 0.182. The van der Waals surface area contributed by atoms with Crippen LogP contribution in [0, 0.1) is 69.5 Å². The highest BCUT2D eigenvalue weighted by Crippen LogP contribution is 2.81. The third-order valence-corrected chi connectivity index (χ3v) is 16.5. The molecule has 0 radical (unpaired) electrons. The Kier molecular flexibility index (Phi) is 9.21. The number of aliphatic hydroxyl groups excluding tert-OH is 2. The first-order valence-corrected chi connectivity index (χ1v) is 20.9. The Balaban J connectivity index is 1.37. The first-order chi connectivity index (χ1) is 26.4.